The zero-order chi connectivity index (χ0) is 48.2. The zero-order valence-electron chi connectivity index (χ0n) is 39.7. The van der Waals surface area contributed by atoms with Crippen LogP contribution in [0.4, 0.5) is 0 Å². The molecule has 0 amide bonds. The highest BCUT2D eigenvalue weighted by molar-refractivity contribution is 7.47. The van der Waals surface area contributed by atoms with Gasteiger partial charge in [-0.25, -0.2) is 9.13 Å². The first-order valence-corrected chi connectivity index (χ1v) is 27.9. The van der Waals surface area contributed by atoms with Crippen molar-refractivity contribution < 1.29 is 76.9 Å². The van der Waals surface area contributed by atoms with Crippen LogP contribution in [-0.4, -0.2) is 103 Å². The summed E-state index contributed by atoms with van der Waals surface area (Å²) in [7, 11) is -10.7. The third-order valence-corrected chi connectivity index (χ3v) is 13.0. The van der Waals surface area contributed by atoms with Crippen LogP contribution in [0.25, 0.3) is 0 Å². The Bertz CT molecular complexity index is 1360. The predicted molar refractivity (Wildman–Crippen MR) is 251 cm³/mol. The maximum atomic E-state index is 13.0. The van der Waals surface area contributed by atoms with E-state index >= 15 is 0 Å². The molecule has 65 heavy (non-hydrogen) atoms. The lowest BCUT2D eigenvalue weighted by Gasteiger charge is -2.43. The number of aliphatic hydroxyl groups is 4. The molecule has 0 radical (unpaired) electrons. The summed E-state index contributed by atoms with van der Waals surface area (Å²) < 4.78 is 49.4. The lowest BCUT2D eigenvalue weighted by atomic mass is 9.85. The van der Waals surface area contributed by atoms with E-state index in [9.17, 15) is 53.8 Å². The standard InChI is InChI=1S/C47H88O16P2/c1-3-5-7-9-11-13-15-17-19-20-22-24-26-28-30-32-34-36-41(49)61-39(37-59-40(48)35-33-31-29-27-25-23-21-18-16-14-12-10-8-6-4-2)38-60-65(57,58)63-47-44(52)42(50)43(51)46(45(47)53)62-64(54,55)56/h17-19,21,39,42-47,50-53H,3-16,20,22-38H2,1-2H3,(H,57,58)(H2,54,55,56)/b19-17-,21-18-/t39-,42?,43?,44?,45?,46-,47+/m1/s1. The Balaban J connectivity index is 2.57. The Morgan fingerprint density at radius 3 is 1.26 bits per heavy atom. The van der Waals surface area contributed by atoms with Crippen molar-refractivity contribution in [3.63, 3.8) is 0 Å². The Hall–Kier alpha value is -1.52. The van der Waals surface area contributed by atoms with Crippen molar-refractivity contribution in [1.82, 2.24) is 0 Å². The highest BCUT2D eigenvalue weighted by Crippen LogP contribution is 2.49. The first-order chi connectivity index (χ1) is 31.1. The molecule has 0 heterocycles. The highest BCUT2D eigenvalue weighted by Gasteiger charge is 2.54. The summed E-state index contributed by atoms with van der Waals surface area (Å²) in [5.74, 6) is -1.21. The number of rotatable bonds is 42. The molecule has 7 N–H and O–H groups in total. The number of hydrogen-bond donors (Lipinski definition) is 7. The number of carbonyl (C=O) groups excluding carboxylic acids is 2. The van der Waals surface area contributed by atoms with Gasteiger partial charge in [-0.1, -0.05) is 154 Å². The van der Waals surface area contributed by atoms with Crippen LogP contribution in [0.5, 0.6) is 0 Å². The lowest BCUT2D eigenvalue weighted by Crippen LogP contribution is -2.64. The molecule has 0 aromatic carbocycles. The summed E-state index contributed by atoms with van der Waals surface area (Å²) in [5, 5.41) is 41.3. The largest absolute Gasteiger partial charge is 0.472 e. The van der Waals surface area contributed by atoms with Gasteiger partial charge in [-0.2, -0.15) is 0 Å². The van der Waals surface area contributed by atoms with Gasteiger partial charge in [0.1, 0.15) is 43.2 Å². The molecule has 0 spiro atoms. The minimum Gasteiger partial charge on any atom is -0.462 e. The Morgan fingerprint density at radius 1 is 0.477 bits per heavy atom. The van der Waals surface area contributed by atoms with Crippen LogP contribution in [0.1, 0.15) is 206 Å². The number of phosphoric acid groups is 2. The van der Waals surface area contributed by atoms with Crippen LogP contribution in [0.3, 0.4) is 0 Å². The normalized spacial score (nSPS) is 21.8. The first-order valence-electron chi connectivity index (χ1n) is 24.9. The number of hydrogen-bond acceptors (Lipinski definition) is 13. The second-order valence-electron chi connectivity index (χ2n) is 17.5. The third-order valence-electron chi connectivity index (χ3n) is 11.5. The van der Waals surface area contributed by atoms with Crippen LogP contribution >= 0.6 is 15.6 Å². The molecule has 16 nitrogen and oxygen atoms in total. The van der Waals surface area contributed by atoms with E-state index in [1.807, 2.05) is 0 Å². The van der Waals surface area contributed by atoms with Gasteiger partial charge in [-0.3, -0.25) is 23.2 Å². The summed E-state index contributed by atoms with van der Waals surface area (Å²) in [6.07, 6.45) is 25.6. The molecule has 382 valence electrons. The fourth-order valence-electron chi connectivity index (χ4n) is 7.60. The van der Waals surface area contributed by atoms with Gasteiger partial charge in [-0.05, 0) is 64.2 Å². The Kier molecular flexibility index (Phi) is 36.3. The molecule has 1 aliphatic rings. The molecule has 5 unspecified atom stereocenters. The summed E-state index contributed by atoms with van der Waals surface area (Å²) in [6, 6.07) is 0. The van der Waals surface area contributed by atoms with Crippen molar-refractivity contribution >= 4 is 27.6 Å². The average Bonchev–Trinajstić information content (AvgIpc) is 3.26. The van der Waals surface area contributed by atoms with Crippen LogP contribution in [0.15, 0.2) is 24.3 Å². The van der Waals surface area contributed by atoms with Crippen molar-refractivity contribution in [1.29, 1.82) is 0 Å². The van der Waals surface area contributed by atoms with Crippen LogP contribution in [-0.2, 0) is 41.8 Å². The topological polar surface area (TPSA) is 256 Å². The van der Waals surface area contributed by atoms with Gasteiger partial charge in [-0.15, -0.1) is 0 Å². The molecule has 0 aromatic heterocycles. The van der Waals surface area contributed by atoms with E-state index in [0.29, 0.717) is 12.8 Å². The van der Waals surface area contributed by atoms with E-state index in [-0.39, 0.29) is 12.8 Å². The predicted octanol–water partition coefficient (Wildman–Crippen LogP) is 9.73. The SMILES string of the molecule is CCCCCCCC/C=C\CCCCCCCCCC(=O)O[C@H](COC(=O)CCCCCCC/C=C\CCCCCCCC)COP(=O)(O)O[C@H]1C(O)C(O)C(O)[C@@H](OP(=O)(O)O)C1O. The van der Waals surface area contributed by atoms with Gasteiger partial charge < -0.3 is 44.6 Å². The molecule has 1 aliphatic carbocycles. The van der Waals surface area contributed by atoms with Gasteiger partial charge in [0.2, 0.25) is 0 Å². The lowest BCUT2D eigenvalue weighted by molar-refractivity contribution is -0.216. The summed E-state index contributed by atoms with van der Waals surface area (Å²) in [6.45, 7) is 3.11. The van der Waals surface area contributed by atoms with E-state index in [4.69, 9.17) is 18.5 Å². The molecule has 18 heteroatoms. The Labute approximate surface area is 390 Å². The van der Waals surface area contributed by atoms with E-state index in [0.717, 1.165) is 89.9 Å². The molecule has 8 atom stereocenters. The number of esters is 2. The van der Waals surface area contributed by atoms with Crippen molar-refractivity contribution in [2.75, 3.05) is 13.2 Å². The number of carbonyl (C=O) groups is 2. The molecular formula is C47H88O16P2. The van der Waals surface area contributed by atoms with Crippen molar-refractivity contribution in [2.45, 2.75) is 249 Å². The van der Waals surface area contributed by atoms with Gasteiger partial charge in [0, 0.05) is 12.8 Å². The first kappa shape index (κ1) is 61.5. The molecule has 0 saturated heterocycles. The van der Waals surface area contributed by atoms with Crippen molar-refractivity contribution in [3.05, 3.63) is 24.3 Å². The zero-order valence-corrected chi connectivity index (χ0v) is 41.5. The number of allylic oxidation sites excluding steroid dienone is 4. The highest BCUT2D eigenvalue weighted by atomic mass is 31.2. The third kappa shape index (κ3) is 32.8. The minimum atomic E-state index is -5.36. The van der Waals surface area contributed by atoms with Crippen LogP contribution in [0.2, 0.25) is 0 Å². The van der Waals surface area contributed by atoms with E-state index in [1.54, 1.807) is 0 Å². The van der Waals surface area contributed by atoms with Crippen LogP contribution in [0, 0.1) is 0 Å². The van der Waals surface area contributed by atoms with Gasteiger partial charge in [0.05, 0.1) is 6.61 Å². The molecule has 1 fully saturated rings. The smallest absolute Gasteiger partial charge is 0.462 e. The molecule has 0 bridgehead atoms. The van der Waals surface area contributed by atoms with Gasteiger partial charge in [0.15, 0.2) is 6.10 Å². The van der Waals surface area contributed by atoms with E-state index in [1.165, 1.54) is 77.0 Å². The quantitative estimate of drug-likeness (QED) is 0.0130. The maximum Gasteiger partial charge on any atom is 0.472 e. The average molecular weight is 971 g/mol. The summed E-state index contributed by atoms with van der Waals surface area (Å²) in [4.78, 5) is 54.3. The van der Waals surface area contributed by atoms with Crippen molar-refractivity contribution in [3.8, 4) is 0 Å². The number of aliphatic hydroxyl groups excluding tert-OH is 4. The second-order valence-corrected chi connectivity index (χ2v) is 20.1. The molecule has 1 rings (SSSR count). The molecule has 1 saturated carbocycles. The fraction of sp³-hybridized carbons (Fsp3) is 0.872. The van der Waals surface area contributed by atoms with Crippen LogP contribution < -0.4 is 0 Å². The molecular weight excluding hydrogens is 882 g/mol. The number of phosphoric ester groups is 2. The minimum absolute atomic E-state index is 0.0394. The maximum absolute atomic E-state index is 13.0. The molecule has 0 aromatic rings. The number of unbranched alkanes of at least 4 members (excludes halogenated alkanes) is 24. The fourth-order valence-corrected chi connectivity index (χ4v) is 9.14. The van der Waals surface area contributed by atoms with Gasteiger partial charge in [0.25, 0.3) is 0 Å². The summed E-state index contributed by atoms with van der Waals surface area (Å²) >= 11 is 0. The van der Waals surface area contributed by atoms with Crippen molar-refractivity contribution in [2.24, 2.45) is 0 Å². The summed E-state index contributed by atoms with van der Waals surface area (Å²) in [5.41, 5.74) is 0. The monoisotopic (exact) mass is 971 g/mol. The number of ether oxygens (including phenoxy) is 2. The second kappa shape index (κ2) is 38.3. The van der Waals surface area contributed by atoms with E-state index in [2.05, 4.69) is 42.7 Å². The van der Waals surface area contributed by atoms with Gasteiger partial charge >= 0.3 is 27.6 Å². The Morgan fingerprint density at radius 2 is 0.846 bits per heavy atom. The molecule has 0 aliphatic heterocycles. The van der Waals surface area contributed by atoms with E-state index < -0.39 is 83.5 Å².